The van der Waals surface area contributed by atoms with Crippen LogP contribution in [0.3, 0.4) is 0 Å². The topological polar surface area (TPSA) is 3.24 Å². The molecule has 1 nitrogen and oxygen atoms in total. The first-order chi connectivity index (χ1) is 8.75. The van der Waals surface area contributed by atoms with Gasteiger partial charge in [0, 0.05) is 13.1 Å². The van der Waals surface area contributed by atoms with Gasteiger partial charge < -0.3 is 0 Å². The molecule has 0 aliphatic carbocycles. The number of nitrogens with zero attached hydrogens (tertiary/aromatic N) is 1. The molecule has 1 aromatic carbocycles. The summed E-state index contributed by atoms with van der Waals surface area (Å²) in [7, 11) is 0. The van der Waals surface area contributed by atoms with Crippen molar-refractivity contribution in [2.75, 3.05) is 13.1 Å². The number of hydrogen-bond donors (Lipinski definition) is 0. The normalized spacial score (nSPS) is 20.4. The van der Waals surface area contributed by atoms with Crippen molar-refractivity contribution < 1.29 is 0 Å². The van der Waals surface area contributed by atoms with Gasteiger partial charge in [0.2, 0.25) is 0 Å². The second kappa shape index (κ2) is 8.31. The van der Waals surface area contributed by atoms with Gasteiger partial charge in [0.1, 0.15) is 0 Å². The highest BCUT2D eigenvalue weighted by atomic mass is 15.1. The lowest BCUT2D eigenvalue weighted by Gasteiger charge is -2.34. The van der Waals surface area contributed by atoms with Crippen molar-refractivity contribution in [3.05, 3.63) is 35.9 Å². The lowest BCUT2D eigenvalue weighted by Crippen LogP contribution is -2.36. The van der Waals surface area contributed by atoms with Crippen molar-refractivity contribution in [1.29, 1.82) is 0 Å². The van der Waals surface area contributed by atoms with Gasteiger partial charge >= 0.3 is 0 Å². The quantitative estimate of drug-likeness (QED) is 0.755. The molecule has 1 heteroatoms. The molecule has 0 radical (unpaired) electrons. The highest BCUT2D eigenvalue weighted by molar-refractivity contribution is 5.14. The first kappa shape index (κ1) is 15.2. The summed E-state index contributed by atoms with van der Waals surface area (Å²) >= 11 is 0. The third kappa shape index (κ3) is 4.81. The molecule has 0 bridgehead atoms. The van der Waals surface area contributed by atoms with E-state index in [0.717, 1.165) is 18.4 Å². The van der Waals surface area contributed by atoms with E-state index in [2.05, 4.69) is 49.1 Å². The van der Waals surface area contributed by atoms with Gasteiger partial charge in [0.25, 0.3) is 0 Å². The van der Waals surface area contributed by atoms with Crippen LogP contribution in [-0.2, 0) is 6.54 Å². The zero-order valence-corrected chi connectivity index (χ0v) is 12.5. The predicted molar refractivity (Wildman–Crippen MR) is 80.6 cm³/mol. The summed E-state index contributed by atoms with van der Waals surface area (Å²) in [6.45, 7) is 12.4. The van der Waals surface area contributed by atoms with E-state index in [1.165, 1.54) is 31.5 Å². The summed E-state index contributed by atoms with van der Waals surface area (Å²) < 4.78 is 0. The van der Waals surface area contributed by atoms with Crippen LogP contribution in [0.4, 0.5) is 0 Å². The maximum atomic E-state index is 2.61. The minimum absolute atomic E-state index is 0.832. The van der Waals surface area contributed by atoms with Gasteiger partial charge in [-0.1, -0.05) is 58.0 Å². The third-order valence-electron chi connectivity index (χ3n) is 3.73. The van der Waals surface area contributed by atoms with E-state index in [1.54, 1.807) is 0 Å². The fraction of sp³-hybridized carbons (Fsp3) is 0.647. The summed E-state index contributed by atoms with van der Waals surface area (Å²) in [6.07, 6.45) is 2.79. The Balaban J connectivity index is 0.000000771. The lowest BCUT2D eigenvalue weighted by molar-refractivity contribution is 0.139. The van der Waals surface area contributed by atoms with Crippen molar-refractivity contribution in [1.82, 2.24) is 4.90 Å². The molecular formula is C17H29N. The number of likely N-dealkylation sites (tertiary alicyclic amines) is 1. The zero-order chi connectivity index (χ0) is 13.4. The van der Waals surface area contributed by atoms with Crippen molar-refractivity contribution in [2.24, 2.45) is 11.8 Å². The van der Waals surface area contributed by atoms with Gasteiger partial charge in [-0.3, -0.25) is 4.90 Å². The van der Waals surface area contributed by atoms with Crippen molar-refractivity contribution in [2.45, 2.75) is 47.1 Å². The molecule has 1 aromatic rings. The third-order valence-corrected chi connectivity index (χ3v) is 3.73. The van der Waals surface area contributed by atoms with E-state index >= 15 is 0 Å². The van der Waals surface area contributed by atoms with Gasteiger partial charge in [-0.2, -0.15) is 0 Å². The fourth-order valence-electron chi connectivity index (χ4n) is 2.62. The molecule has 1 heterocycles. The highest BCUT2D eigenvalue weighted by Crippen LogP contribution is 2.24. The van der Waals surface area contributed by atoms with Gasteiger partial charge in [-0.25, -0.2) is 0 Å². The Morgan fingerprint density at radius 3 is 2.44 bits per heavy atom. The van der Waals surface area contributed by atoms with Gasteiger partial charge in [-0.05, 0) is 36.8 Å². The molecule has 0 spiro atoms. The number of hydrogen-bond acceptors (Lipinski definition) is 1. The number of piperidine rings is 1. The summed E-state index contributed by atoms with van der Waals surface area (Å²) in [4.78, 5) is 2.61. The summed E-state index contributed by atoms with van der Waals surface area (Å²) in [5.74, 6) is 1.73. The summed E-state index contributed by atoms with van der Waals surface area (Å²) in [5, 5.41) is 0. The Morgan fingerprint density at radius 2 is 1.83 bits per heavy atom. The maximum absolute atomic E-state index is 2.61. The second-order valence-electron chi connectivity index (χ2n) is 5.37. The van der Waals surface area contributed by atoms with Gasteiger partial charge in [-0.15, -0.1) is 0 Å². The largest absolute Gasteiger partial charge is 0.299 e. The molecule has 1 saturated heterocycles. The molecular weight excluding hydrogens is 218 g/mol. The van der Waals surface area contributed by atoms with Crippen LogP contribution in [0.15, 0.2) is 30.3 Å². The van der Waals surface area contributed by atoms with Crippen LogP contribution in [0.5, 0.6) is 0 Å². The Kier molecular flexibility index (Phi) is 7.04. The molecule has 102 valence electrons. The Morgan fingerprint density at radius 1 is 1.17 bits per heavy atom. The highest BCUT2D eigenvalue weighted by Gasteiger charge is 2.21. The molecule has 1 aliphatic rings. The zero-order valence-electron chi connectivity index (χ0n) is 12.5. The van der Waals surface area contributed by atoms with Crippen LogP contribution in [0.2, 0.25) is 0 Å². The Hall–Kier alpha value is -0.820. The van der Waals surface area contributed by atoms with E-state index in [0.29, 0.717) is 0 Å². The van der Waals surface area contributed by atoms with Crippen LogP contribution in [-0.4, -0.2) is 18.0 Å². The Bertz CT molecular complexity index is 305. The minimum atomic E-state index is 0.832. The van der Waals surface area contributed by atoms with E-state index in [4.69, 9.17) is 0 Å². The summed E-state index contributed by atoms with van der Waals surface area (Å²) in [6, 6.07) is 10.8. The lowest BCUT2D eigenvalue weighted by atomic mass is 9.88. The standard InChI is InChI=1S/C15H23N.C2H6/c1-13(2)15-9-6-10-16(12-15)11-14-7-4-3-5-8-14;1-2/h3-5,7-8,13,15H,6,9-12H2,1-2H3;1-2H3. The van der Waals surface area contributed by atoms with Crippen LogP contribution >= 0.6 is 0 Å². The van der Waals surface area contributed by atoms with Crippen LogP contribution in [0.25, 0.3) is 0 Å². The van der Waals surface area contributed by atoms with Crippen molar-refractivity contribution in [3.63, 3.8) is 0 Å². The van der Waals surface area contributed by atoms with E-state index < -0.39 is 0 Å². The molecule has 1 aliphatic heterocycles. The molecule has 18 heavy (non-hydrogen) atoms. The molecule has 1 fully saturated rings. The molecule has 0 N–H and O–H groups in total. The molecule has 2 rings (SSSR count). The Labute approximate surface area is 113 Å². The maximum Gasteiger partial charge on any atom is 0.0233 e. The second-order valence-corrected chi connectivity index (χ2v) is 5.37. The molecule has 0 saturated carbocycles. The number of rotatable bonds is 3. The summed E-state index contributed by atoms with van der Waals surface area (Å²) in [5.41, 5.74) is 1.45. The first-order valence-electron chi connectivity index (χ1n) is 7.52. The SMILES string of the molecule is CC.CC(C)C1CCCN(Cc2ccccc2)C1. The van der Waals surface area contributed by atoms with Crippen LogP contribution < -0.4 is 0 Å². The van der Waals surface area contributed by atoms with E-state index in [1.807, 2.05) is 13.8 Å². The van der Waals surface area contributed by atoms with Gasteiger partial charge in [0.15, 0.2) is 0 Å². The van der Waals surface area contributed by atoms with E-state index in [-0.39, 0.29) is 0 Å². The van der Waals surface area contributed by atoms with Crippen LogP contribution in [0, 0.1) is 11.8 Å². The van der Waals surface area contributed by atoms with Crippen molar-refractivity contribution in [3.8, 4) is 0 Å². The first-order valence-corrected chi connectivity index (χ1v) is 7.52. The average molecular weight is 247 g/mol. The number of benzene rings is 1. The van der Waals surface area contributed by atoms with E-state index in [9.17, 15) is 0 Å². The van der Waals surface area contributed by atoms with Gasteiger partial charge in [0.05, 0.1) is 0 Å². The smallest absolute Gasteiger partial charge is 0.0233 e. The average Bonchev–Trinajstić information content (AvgIpc) is 2.42. The van der Waals surface area contributed by atoms with Crippen LogP contribution in [0.1, 0.15) is 46.1 Å². The minimum Gasteiger partial charge on any atom is -0.299 e. The molecule has 1 unspecified atom stereocenters. The monoisotopic (exact) mass is 247 g/mol. The molecule has 0 amide bonds. The predicted octanol–water partition coefficient (Wildman–Crippen LogP) is 4.58. The molecule has 0 aromatic heterocycles. The van der Waals surface area contributed by atoms with Crippen molar-refractivity contribution >= 4 is 0 Å². The molecule has 1 atom stereocenters. The fourth-order valence-corrected chi connectivity index (χ4v) is 2.62.